The van der Waals surface area contributed by atoms with Crippen LogP contribution >= 0.6 is 0 Å². The van der Waals surface area contributed by atoms with Gasteiger partial charge in [-0.05, 0) is 45.0 Å². The second-order valence-electron chi connectivity index (χ2n) is 7.43. The van der Waals surface area contributed by atoms with Crippen LogP contribution in [0.4, 0.5) is 16.0 Å². The number of piperazine rings is 1. The Bertz CT molecular complexity index is 747. The average molecular weight is 357 g/mol. The van der Waals surface area contributed by atoms with Crippen LogP contribution in [0.15, 0.2) is 36.7 Å². The second-order valence-corrected chi connectivity index (χ2v) is 7.43. The van der Waals surface area contributed by atoms with Crippen molar-refractivity contribution >= 4 is 17.5 Å². The van der Waals surface area contributed by atoms with Gasteiger partial charge in [-0.15, -0.1) is 0 Å². The van der Waals surface area contributed by atoms with E-state index in [1.165, 1.54) is 12.1 Å². The molecule has 0 radical (unpaired) electrons. The SMILES string of the molecule is CC(C)(C)Nc1ncc(C(=O)N2CCN(c3ccc(F)cc3)CC2)cn1. The highest BCUT2D eigenvalue weighted by Gasteiger charge is 2.23. The van der Waals surface area contributed by atoms with Crippen molar-refractivity contribution in [3.8, 4) is 0 Å². The molecule has 1 aromatic heterocycles. The summed E-state index contributed by atoms with van der Waals surface area (Å²) < 4.78 is 13.0. The zero-order valence-corrected chi connectivity index (χ0v) is 15.4. The predicted molar refractivity (Wildman–Crippen MR) is 99.9 cm³/mol. The Hall–Kier alpha value is -2.70. The molecule has 2 aromatic rings. The topological polar surface area (TPSA) is 61.4 Å². The Morgan fingerprint density at radius 1 is 1.04 bits per heavy atom. The summed E-state index contributed by atoms with van der Waals surface area (Å²) in [4.78, 5) is 25.1. The maximum atomic E-state index is 13.0. The second kappa shape index (κ2) is 7.27. The first-order valence-electron chi connectivity index (χ1n) is 8.72. The van der Waals surface area contributed by atoms with E-state index in [2.05, 4.69) is 20.2 Å². The van der Waals surface area contributed by atoms with Crippen LogP contribution in [0.3, 0.4) is 0 Å². The molecule has 0 bridgehead atoms. The van der Waals surface area contributed by atoms with Gasteiger partial charge in [0, 0.05) is 49.8 Å². The molecule has 7 heteroatoms. The van der Waals surface area contributed by atoms with E-state index in [0.717, 1.165) is 5.69 Å². The van der Waals surface area contributed by atoms with Gasteiger partial charge in [-0.2, -0.15) is 0 Å². The Balaban J connectivity index is 1.59. The monoisotopic (exact) mass is 357 g/mol. The number of amides is 1. The molecular weight excluding hydrogens is 333 g/mol. The molecule has 0 aliphatic carbocycles. The van der Waals surface area contributed by atoms with E-state index in [-0.39, 0.29) is 17.3 Å². The fourth-order valence-electron chi connectivity index (χ4n) is 2.84. The molecule has 0 unspecified atom stereocenters. The lowest BCUT2D eigenvalue weighted by molar-refractivity contribution is 0.0746. The van der Waals surface area contributed by atoms with Crippen molar-refractivity contribution in [3.63, 3.8) is 0 Å². The van der Waals surface area contributed by atoms with E-state index in [0.29, 0.717) is 37.7 Å². The van der Waals surface area contributed by atoms with E-state index in [4.69, 9.17) is 0 Å². The van der Waals surface area contributed by atoms with Crippen LogP contribution in [0.5, 0.6) is 0 Å². The van der Waals surface area contributed by atoms with Crippen LogP contribution < -0.4 is 10.2 Å². The van der Waals surface area contributed by atoms with Crippen molar-refractivity contribution in [1.82, 2.24) is 14.9 Å². The van der Waals surface area contributed by atoms with Gasteiger partial charge in [0.15, 0.2) is 0 Å². The smallest absolute Gasteiger partial charge is 0.257 e. The van der Waals surface area contributed by atoms with Gasteiger partial charge in [0.1, 0.15) is 5.82 Å². The number of anilines is 2. The van der Waals surface area contributed by atoms with Gasteiger partial charge in [0.2, 0.25) is 5.95 Å². The molecule has 1 aromatic carbocycles. The lowest BCUT2D eigenvalue weighted by Crippen LogP contribution is -2.48. The molecule has 2 heterocycles. The number of benzene rings is 1. The van der Waals surface area contributed by atoms with Crippen molar-refractivity contribution in [1.29, 1.82) is 0 Å². The van der Waals surface area contributed by atoms with Gasteiger partial charge in [-0.25, -0.2) is 14.4 Å². The molecule has 138 valence electrons. The number of aromatic nitrogens is 2. The maximum absolute atomic E-state index is 13.0. The van der Waals surface area contributed by atoms with Crippen molar-refractivity contribution in [2.24, 2.45) is 0 Å². The van der Waals surface area contributed by atoms with Crippen LogP contribution in [0.1, 0.15) is 31.1 Å². The number of halogens is 1. The third-order valence-electron chi connectivity index (χ3n) is 4.14. The van der Waals surface area contributed by atoms with Crippen LogP contribution in [0, 0.1) is 5.82 Å². The summed E-state index contributed by atoms with van der Waals surface area (Å²) in [6.45, 7) is 8.71. The van der Waals surface area contributed by atoms with E-state index < -0.39 is 0 Å². The Morgan fingerprint density at radius 2 is 1.62 bits per heavy atom. The van der Waals surface area contributed by atoms with Crippen LogP contribution in [-0.4, -0.2) is 52.5 Å². The number of rotatable bonds is 3. The van der Waals surface area contributed by atoms with E-state index in [9.17, 15) is 9.18 Å². The zero-order valence-electron chi connectivity index (χ0n) is 15.4. The fraction of sp³-hybridized carbons (Fsp3) is 0.421. The summed E-state index contributed by atoms with van der Waals surface area (Å²) in [5.74, 6) is 0.202. The highest BCUT2D eigenvalue weighted by Crippen LogP contribution is 2.18. The summed E-state index contributed by atoms with van der Waals surface area (Å²) >= 11 is 0. The maximum Gasteiger partial charge on any atom is 0.257 e. The van der Waals surface area contributed by atoms with Crippen LogP contribution in [0.2, 0.25) is 0 Å². The summed E-state index contributed by atoms with van der Waals surface area (Å²) in [6, 6.07) is 6.44. The molecule has 6 nitrogen and oxygen atoms in total. The Kier molecular flexibility index (Phi) is 5.06. The zero-order chi connectivity index (χ0) is 18.7. The van der Waals surface area contributed by atoms with Gasteiger partial charge in [-0.3, -0.25) is 4.79 Å². The molecule has 26 heavy (non-hydrogen) atoms. The van der Waals surface area contributed by atoms with Crippen molar-refractivity contribution in [3.05, 3.63) is 48.0 Å². The Labute approximate surface area is 153 Å². The minimum absolute atomic E-state index is 0.0638. The molecule has 0 saturated carbocycles. The molecule has 1 fully saturated rings. The van der Waals surface area contributed by atoms with Crippen molar-refractivity contribution < 1.29 is 9.18 Å². The number of nitrogens with one attached hydrogen (secondary N) is 1. The summed E-state index contributed by atoms with van der Waals surface area (Å²) in [5, 5.41) is 3.17. The third kappa shape index (κ3) is 4.47. The molecule has 1 amide bonds. The third-order valence-corrected chi connectivity index (χ3v) is 4.14. The fourth-order valence-corrected chi connectivity index (χ4v) is 2.84. The molecule has 1 aliphatic heterocycles. The van der Waals surface area contributed by atoms with Gasteiger partial charge in [0.25, 0.3) is 5.91 Å². The van der Waals surface area contributed by atoms with Gasteiger partial charge < -0.3 is 15.1 Å². The lowest BCUT2D eigenvalue weighted by atomic mass is 10.1. The summed E-state index contributed by atoms with van der Waals surface area (Å²) in [5.41, 5.74) is 1.32. The minimum atomic E-state index is -0.244. The van der Waals surface area contributed by atoms with Gasteiger partial charge >= 0.3 is 0 Å². The number of nitrogens with zero attached hydrogens (tertiary/aromatic N) is 4. The van der Waals surface area contributed by atoms with Crippen LogP contribution in [-0.2, 0) is 0 Å². The Morgan fingerprint density at radius 3 is 2.15 bits per heavy atom. The first kappa shape index (κ1) is 18.1. The van der Waals surface area contributed by atoms with Crippen LogP contribution in [0.25, 0.3) is 0 Å². The predicted octanol–water partition coefficient (Wildman–Crippen LogP) is 2.79. The summed E-state index contributed by atoms with van der Waals surface area (Å²) in [6.07, 6.45) is 3.13. The van der Waals surface area contributed by atoms with Gasteiger partial charge in [-0.1, -0.05) is 0 Å². The number of carbonyl (C=O) groups is 1. The largest absolute Gasteiger partial charge is 0.368 e. The molecular formula is C19H24FN5O. The van der Waals surface area contributed by atoms with Crippen molar-refractivity contribution in [2.45, 2.75) is 26.3 Å². The van der Waals surface area contributed by atoms with Gasteiger partial charge in [0.05, 0.1) is 5.56 Å². The highest BCUT2D eigenvalue weighted by molar-refractivity contribution is 5.93. The first-order chi connectivity index (χ1) is 12.3. The van der Waals surface area contributed by atoms with E-state index in [1.54, 1.807) is 29.4 Å². The van der Waals surface area contributed by atoms with E-state index in [1.807, 2.05) is 20.8 Å². The minimum Gasteiger partial charge on any atom is -0.368 e. The lowest BCUT2D eigenvalue weighted by Gasteiger charge is -2.36. The number of carbonyl (C=O) groups excluding carboxylic acids is 1. The quantitative estimate of drug-likeness (QED) is 0.915. The van der Waals surface area contributed by atoms with Crippen molar-refractivity contribution in [2.75, 3.05) is 36.4 Å². The standard InChI is InChI=1S/C19H24FN5O/c1-19(2,3)23-18-21-12-14(13-22-18)17(26)25-10-8-24(9-11-25)16-6-4-15(20)5-7-16/h4-7,12-13H,8-11H2,1-3H3,(H,21,22,23). The average Bonchev–Trinajstić information content (AvgIpc) is 2.61. The summed E-state index contributed by atoms with van der Waals surface area (Å²) in [7, 11) is 0. The molecule has 1 saturated heterocycles. The normalized spacial score (nSPS) is 15.1. The highest BCUT2D eigenvalue weighted by atomic mass is 19.1. The first-order valence-corrected chi connectivity index (χ1v) is 8.72. The molecule has 3 rings (SSSR count). The molecule has 0 atom stereocenters. The molecule has 0 spiro atoms. The molecule has 1 aliphatic rings. The molecule has 1 N–H and O–H groups in total. The number of hydrogen-bond acceptors (Lipinski definition) is 5. The number of hydrogen-bond donors (Lipinski definition) is 1. The van der Waals surface area contributed by atoms with E-state index >= 15 is 0 Å².